The summed E-state index contributed by atoms with van der Waals surface area (Å²) in [6.07, 6.45) is 0.264. The van der Waals surface area contributed by atoms with E-state index in [1.165, 1.54) is 0 Å². The molecule has 6 nitrogen and oxygen atoms in total. The third-order valence-corrected chi connectivity index (χ3v) is 4.07. The second-order valence-corrected chi connectivity index (χ2v) is 5.96. The molecule has 1 N–H and O–H groups in total. The summed E-state index contributed by atoms with van der Waals surface area (Å²) in [4.78, 5) is 25.9. The van der Waals surface area contributed by atoms with Crippen LogP contribution in [0.1, 0.15) is 17.0 Å². The summed E-state index contributed by atoms with van der Waals surface area (Å²) in [5, 5.41) is 2.82. The Kier molecular flexibility index (Phi) is 4.38. The van der Waals surface area contributed by atoms with Crippen molar-refractivity contribution in [2.75, 3.05) is 18.6 Å². The minimum absolute atomic E-state index is 0.0268. The van der Waals surface area contributed by atoms with Crippen molar-refractivity contribution < 1.29 is 18.7 Å². The van der Waals surface area contributed by atoms with Crippen LogP contribution >= 0.6 is 15.9 Å². The average Bonchev–Trinajstić information content (AvgIpc) is 3.13. The van der Waals surface area contributed by atoms with E-state index >= 15 is 0 Å². The lowest BCUT2D eigenvalue weighted by atomic mass is 10.2. The van der Waals surface area contributed by atoms with Crippen molar-refractivity contribution in [2.24, 2.45) is 0 Å². The van der Waals surface area contributed by atoms with Gasteiger partial charge < -0.3 is 19.4 Å². The predicted octanol–water partition coefficient (Wildman–Crippen LogP) is 2.59. The molecule has 1 atom stereocenters. The maximum absolute atomic E-state index is 12.2. The summed E-state index contributed by atoms with van der Waals surface area (Å²) >= 11 is 3.16. The van der Waals surface area contributed by atoms with Gasteiger partial charge in [-0.2, -0.15) is 0 Å². The van der Waals surface area contributed by atoms with Crippen LogP contribution in [0.15, 0.2) is 45.5 Å². The molecule has 0 aliphatic carbocycles. The Labute approximate surface area is 141 Å². The number of rotatable bonds is 4. The molecular weight excluding hydrogens is 364 g/mol. The van der Waals surface area contributed by atoms with Crippen LogP contribution in [0.3, 0.4) is 0 Å². The molecule has 0 bridgehead atoms. The number of nitrogens with zero attached hydrogens (tertiary/aromatic N) is 1. The van der Waals surface area contributed by atoms with Gasteiger partial charge in [0.2, 0.25) is 5.91 Å². The number of hydrogen-bond acceptors (Lipinski definition) is 4. The number of furan rings is 1. The van der Waals surface area contributed by atoms with Gasteiger partial charge in [0.1, 0.15) is 5.75 Å². The average molecular weight is 379 g/mol. The van der Waals surface area contributed by atoms with Crippen LogP contribution < -0.4 is 15.0 Å². The Morgan fingerprint density at radius 1 is 1.30 bits per heavy atom. The summed E-state index contributed by atoms with van der Waals surface area (Å²) in [6, 6.07) is 10.2. The lowest BCUT2D eigenvalue weighted by Gasteiger charge is -2.17. The highest BCUT2D eigenvalue weighted by molar-refractivity contribution is 9.10. The highest BCUT2D eigenvalue weighted by Crippen LogP contribution is 2.24. The molecule has 2 amide bonds. The standard InChI is InChI=1S/C16H15BrN2O4/c1-22-12-4-2-11(3-5-12)19-9-10(8-15(19)20)18-16(21)13-6-7-14(17)23-13/h2-7,10H,8-9H2,1H3,(H,18,21)/t10-/m0/s1. The third kappa shape index (κ3) is 3.39. The second kappa shape index (κ2) is 6.45. The van der Waals surface area contributed by atoms with Crippen molar-refractivity contribution in [1.29, 1.82) is 0 Å². The SMILES string of the molecule is COc1ccc(N2C[C@@H](NC(=O)c3ccc(Br)o3)CC2=O)cc1. The Morgan fingerprint density at radius 2 is 2.04 bits per heavy atom. The Hall–Kier alpha value is -2.28. The van der Waals surface area contributed by atoms with E-state index in [1.807, 2.05) is 12.1 Å². The topological polar surface area (TPSA) is 71.8 Å². The van der Waals surface area contributed by atoms with Gasteiger partial charge in [0.15, 0.2) is 10.4 Å². The number of carbonyl (C=O) groups is 2. The number of anilines is 1. The van der Waals surface area contributed by atoms with Crippen LogP contribution in [0.2, 0.25) is 0 Å². The molecule has 1 fully saturated rings. The first kappa shape index (κ1) is 15.6. The number of nitrogens with one attached hydrogen (secondary N) is 1. The van der Waals surface area contributed by atoms with Crippen molar-refractivity contribution in [1.82, 2.24) is 5.32 Å². The van der Waals surface area contributed by atoms with E-state index in [-0.39, 0.29) is 30.0 Å². The number of ether oxygens (including phenoxy) is 1. The Balaban J connectivity index is 1.66. The third-order valence-electron chi connectivity index (χ3n) is 3.64. The zero-order chi connectivity index (χ0) is 16.4. The van der Waals surface area contributed by atoms with Crippen LogP contribution in [-0.4, -0.2) is 31.5 Å². The maximum Gasteiger partial charge on any atom is 0.287 e. The Morgan fingerprint density at radius 3 is 2.65 bits per heavy atom. The van der Waals surface area contributed by atoms with E-state index in [1.54, 1.807) is 36.3 Å². The van der Waals surface area contributed by atoms with E-state index in [2.05, 4.69) is 21.2 Å². The molecular formula is C16H15BrN2O4. The molecule has 0 radical (unpaired) electrons. The van der Waals surface area contributed by atoms with Gasteiger partial charge in [0.05, 0.1) is 13.2 Å². The van der Waals surface area contributed by atoms with Gasteiger partial charge in [-0.25, -0.2) is 0 Å². The largest absolute Gasteiger partial charge is 0.497 e. The van der Waals surface area contributed by atoms with Gasteiger partial charge in [-0.15, -0.1) is 0 Å². The molecule has 1 aromatic heterocycles. The first-order valence-corrected chi connectivity index (χ1v) is 7.87. The second-order valence-electron chi connectivity index (χ2n) is 5.18. The van der Waals surface area contributed by atoms with Crippen molar-refractivity contribution >= 4 is 33.4 Å². The van der Waals surface area contributed by atoms with Crippen molar-refractivity contribution in [3.05, 3.63) is 46.8 Å². The quantitative estimate of drug-likeness (QED) is 0.887. The van der Waals surface area contributed by atoms with Gasteiger partial charge in [-0.1, -0.05) is 0 Å². The van der Waals surface area contributed by atoms with Gasteiger partial charge in [0, 0.05) is 18.7 Å². The monoisotopic (exact) mass is 378 g/mol. The Bertz CT molecular complexity index is 726. The molecule has 120 valence electrons. The van der Waals surface area contributed by atoms with Crippen molar-refractivity contribution in [3.8, 4) is 5.75 Å². The van der Waals surface area contributed by atoms with Crippen LogP contribution in [0, 0.1) is 0 Å². The summed E-state index contributed by atoms with van der Waals surface area (Å²) < 4.78 is 10.8. The first-order chi connectivity index (χ1) is 11.1. The van der Waals surface area contributed by atoms with Gasteiger partial charge in [-0.05, 0) is 52.3 Å². The fraction of sp³-hybridized carbons (Fsp3) is 0.250. The molecule has 2 aromatic rings. The summed E-state index contributed by atoms with van der Waals surface area (Å²) in [5.74, 6) is 0.590. The number of benzene rings is 1. The van der Waals surface area contributed by atoms with Crippen LogP contribution in [0.5, 0.6) is 5.75 Å². The lowest BCUT2D eigenvalue weighted by molar-refractivity contribution is -0.117. The summed E-state index contributed by atoms with van der Waals surface area (Å²) in [7, 11) is 1.59. The molecule has 1 aromatic carbocycles. The maximum atomic E-state index is 12.2. The van der Waals surface area contributed by atoms with Gasteiger partial charge in [-0.3, -0.25) is 9.59 Å². The van der Waals surface area contributed by atoms with Crippen LogP contribution in [-0.2, 0) is 4.79 Å². The molecule has 7 heteroatoms. The number of hydrogen-bond donors (Lipinski definition) is 1. The highest BCUT2D eigenvalue weighted by atomic mass is 79.9. The number of methoxy groups -OCH3 is 1. The minimum Gasteiger partial charge on any atom is -0.497 e. The van der Waals surface area contributed by atoms with Gasteiger partial charge in [0.25, 0.3) is 5.91 Å². The van der Waals surface area contributed by atoms with E-state index in [0.717, 1.165) is 11.4 Å². The molecule has 1 saturated heterocycles. The molecule has 0 unspecified atom stereocenters. The molecule has 0 saturated carbocycles. The van der Waals surface area contributed by atoms with E-state index < -0.39 is 0 Å². The van der Waals surface area contributed by atoms with Crippen LogP contribution in [0.25, 0.3) is 0 Å². The fourth-order valence-corrected chi connectivity index (χ4v) is 2.82. The van der Waals surface area contributed by atoms with Crippen LogP contribution in [0.4, 0.5) is 5.69 Å². The normalized spacial score (nSPS) is 17.4. The number of carbonyl (C=O) groups excluding carboxylic acids is 2. The number of amides is 2. The van der Waals surface area contributed by atoms with Gasteiger partial charge >= 0.3 is 0 Å². The van der Waals surface area contributed by atoms with Crippen molar-refractivity contribution in [3.63, 3.8) is 0 Å². The van der Waals surface area contributed by atoms with Crippen molar-refractivity contribution in [2.45, 2.75) is 12.5 Å². The minimum atomic E-state index is -0.329. The highest BCUT2D eigenvalue weighted by Gasteiger charge is 2.32. The molecule has 3 rings (SSSR count). The smallest absolute Gasteiger partial charge is 0.287 e. The molecule has 23 heavy (non-hydrogen) atoms. The summed E-state index contributed by atoms with van der Waals surface area (Å²) in [5.41, 5.74) is 0.785. The first-order valence-electron chi connectivity index (χ1n) is 7.07. The van der Waals surface area contributed by atoms with E-state index in [0.29, 0.717) is 11.2 Å². The lowest BCUT2D eigenvalue weighted by Crippen LogP contribution is -2.37. The van der Waals surface area contributed by atoms with E-state index in [9.17, 15) is 9.59 Å². The van der Waals surface area contributed by atoms with E-state index in [4.69, 9.17) is 9.15 Å². The number of halogens is 1. The summed E-state index contributed by atoms with van der Waals surface area (Å²) in [6.45, 7) is 0.429. The molecule has 1 aliphatic heterocycles. The predicted molar refractivity (Wildman–Crippen MR) is 87.6 cm³/mol. The molecule has 0 spiro atoms. The fourth-order valence-electron chi connectivity index (χ4n) is 2.51. The zero-order valence-electron chi connectivity index (χ0n) is 12.4. The molecule has 2 heterocycles. The zero-order valence-corrected chi connectivity index (χ0v) is 14.0. The molecule has 1 aliphatic rings.